The van der Waals surface area contributed by atoms with Gasteiger partial charge in [-0.05, 0) is 30.2 Å². The van der Waals surface area contributed by atoms with E-state index in [-0.39, 0.29) is 0 Å². The first-order valence-electron chi connectivity index (χ1n) is 4.00. The molecule has 0 saturated heterocycles. The molecule has 12 heavy (non-hydrogen) atoms. The van der Waals surface area contributed by atoms with Gasteiger partial charge in [0.05, 0.1) is 0 Å². The van der Waals surface area contributed by atoms with E-state index in [1.165, 1.54) is 11.3 Å². The van der Waals surface area contributed by atoms with Gasteiger partial charge in [-0.25, -0.2) is 0 Å². The van der Waals surface area contributed by atoms with Gasteiger partial charge in [-0.2, -0.15) is 0 Å². The number of benzene rings is 1. The van der Waals surface area contributed by atoms with Crippen molar-refractivity contribution in [1.82, 2.24) is 0 Å². The average molecular weight is 160 g/mol. The Morgan fingerprint density at radius 2 is 1.83 bits per heavy atom. The maximum atomic E-state index is 3.58. The number of hydrogen-bond acceptors (Lipinski definition) is 1. The van der Waals surface area contributed by atoms with E-state index < -0.39 is 0 Å². The summed E-state index contributed by atoms with van der Waals surface area (Å²) >= 11 is 0. The van der Waals surface area contributed by atoms with E-state index in [0.717, 1.165) is 6.42 Å². The molecular weight excluding hydrogens is 146 g/mol. The van der Waals surface area contributed by atoms with Gasteiger partial charge >= 0.3 is 0 Å². The quantitative estimate of drug-likeness (QED) is 0.655. The molecule has 1 rings (SSSR count). The van der Waals surface area contributed by atoms with Gasteiger partial charge in [-0.3, -0.25) is 0 Å². The first-order valence-corrected chi connectivity index (χ1v) is 4.00. The predicted molar refractivity (Wildman–Crippen MR) is 53.3 cm³/mol. The molecule has 0 aliphatic carbocycles. The van der Waals surface area contributed by atoms with Crippen LogP contribution in [0.4, 0.5) is 5.69 Å². The fourth-order valence-corrected chi connectivity index (χ4v) is 1.06. The Morgan fingerprint density at radius 3 is 2.25 bits per heavy atom. The SMILES string of the molecule is C=[C]Cc1ccc(N(C)C)cc1. The van der Waals surface area contributed by atoms with Crippen LogP contribution in [0.5, 0.6) is 0 Å². The minimum absolute atomic E-state index is 0.827. The highest BCUT2D eigenvalue weighted by atomic mass is 15.1. The summed E-state index contributed by atoms with van der Waals surface area (Å²) in [6, 6.07) is 8.42. The summed E-state index contributed by atoms with van der Waals surface area (Å²) < 4.78 is 0. The molecule has 0 fully saturated rings. The molecule has 0 amide bonds. The predicted octanol–water partition coefficient (Wildman–Crippen LogP) is 2.28. The molecule has 0 N–H and O–H groups in total. The van der Waals surface area contributed by atoms with Crippen molar-refractivity contribution >= 4 is 5.69 Å². The van der Waals surface area contributed by atoms with Crippen molar-refractivity contribution in [3.8, 4) is 0 Å². The monoisotopic (exact) mass is 160 g/mol. The lowest BCUT2D eigenvalue weighted by molar-refractivity contribution is 1.12. The van der Waals surface area contributed by atoms with Crippen LogP contribution < -0.4 is 4.90 Å². The van der Waals surface area contributed by atoms with Crippen molar-refractivity contribution in [2.75, 3.05) is 19.0 Å². The van der Waals surface area contributed by atoms with E-state index in [1.807, 2.05) is 14.1 Å². The minimum atomic E-state index is 0.827. The second-order valence-corrected chi connectivity index (χ2v) is 2.99. The third kappa shape index (κ3) is 2.12. The van der Waals surface area contributed by atoms with Crippen LogP contribution in [0.15, 0.2) is 30.8 Å². The summed E-state index contributed by atoms with van der Waals surface area (Å²) in [5.74, 6) is 0. The third-order valence-electron chi connectivity index (χ3n) is 1.78. The van der Waals surface area contributed by atoms with Gasteiger partial charge in [0.1, 0.15) is 0 Å². The molecule has 0 spiro atoms. The average Bonchev–Trinajstić information content (AvgIpc) is 2.06. The Labute approximate surface area is 74.3 Å². The zero-order valence-corrected chi connectivity index (χ0v) is 7.67. The van der Waals surface area contributed by atoms with Crippen LogP contribution in [0.2, 0.25) is 0 Å². The van der Waals surface area contributed by atoms with Gasteiger partial charge in [-0.1, -0.05) is 18.7 Å². The van der Waals surface area contributed by atoms with E-state index in [2.05, 4.69) is 41.8 Å². The summed E-state index contributed by atoms with van der Waals surface area (Å²) in [7, 11) is 4.07. The van der Waals surface area contributed by atoms with Crippen LogP contribution in [-0.4, -0.2) is 14.1 Å². The molecule has 0 unspecified atom stereocenters. The fourth-order valence-electron chi connectivity index (χ4n) is 1.06. The van der Waals surface area contributed by atoms with Crippen LogP contribution in [0.25, 0.3) is 0 Å². The Bertz CT molecular complexity index is 246. The molecule has 1 nitrogen and oxygen atoms in total. The third-order valence-corrected chi connectivity index (χ3v) is 1.78. The molecule has 63 valence electrons. The molecule has 1 aromatic carbocycles. The summed E-state index contributed by atoms with van der Waals surface area (Å²) in [4.78, 5) is 2.08. The van der Waals surface area contributed by atoms with Crippen molar-refractivity contribution in [2.24, 2.45) is 0 Å². The van der Waals surface area contributed by atoms with E-state index in [0.29, 0.717) is 0 Å². The molecule has 0 bridgehead atoms. The van der Waals surface area contributed by atoms with Crippen LogP contribution in [0.3, 0.4) is 0 Å². The molecular formula is C11H14N. The lowest BCUT2D eigenvalue weighted by atomic mass is 10.1. The van der Waals surface area contributed by atoms with E-state index in [9.17, 15) is 0 Å². The standard InChI is InChI=1S/C11H14N/c1-4-5-10-6-8-11(9-7-10)12(2)3/h6-9H,1,5H2,2-3H3. The van der Waals surface area contributed by atoms with Crippen LogP contribution in [0.1, 0.15) is 5.56 Å². The lowest BCUT2D eigenvalue weighted by Gasteiger charge is -2.12. The Balaban J connectivity index is 2.78. The normalized spacial score (nSPS) is 9.50. The number of rotatable bonds is 3. The Morgan fingerprint density at radius 1 is 1.25 bits per heavy atom. The summed E-state index contributed by atoms with van der Waals surface area (Å²) in [6.45, 7) is 3.58. The van der Waals surface area contributed by atoms with Crippen molar-refractivity contribution in [3.63, 3.8) is 0 Å². The number of anilines is 1. The molecule has 1 radical (unpaired) electrons. The Hall–Kier alpha value is -1.24. The van der Waals surface area contributed by atoms with Crippen LogP contribution in [-0.2, 0) is 6.42 Å². The van der Waals surface area contributed by atoms with E-state index >= 15 is 0 Å². The van der Waals surface area contributed by atoms with Crippen LogP contribution in [0, 0.1) is 6.08 Å². The van der Waals surface area contributed by atoms with Gasteiger partial charge in [0.25, 0.3) is 0 Å². The van der Waals surface area contributed by atoms with Crippen molar-refractivity contribution in [1.29, 1.82) is 0 Å². The summed E-state index contributed by atoms with van der Waals surface area (Å²) in [5.41, 5.74) is 2.48. The minimum Gasteiger partial charge on any atom is -0.378 e. The Kier molecular flexibility index (Phi) is 2.92. The second kappa shape index (κ2) is 3.96. The van der Waals surface area contributed by atoms with Crippen molar-refractivity contribution in [3.05, 3.63) is 42.5 Å². The van der Waals surface area contributed by atoms with Crippen molar-refractivity contribution in [2.45, 2.75) is 6.42 Å². The number of allylic oxidation sites excluding steroid dienone is 1. The van der Waals surface area contributed by atoms with Gasteiger partial charge in [0, 0.05) is 19.8 Å². The summed E-state index contributed by atoms with van der Waals surface area (Å²) in [5, 5.41) is 0. The van der Waals surface area contributed by atoms with Gasteiger partial charge in [0.2, 0.25) is 0 Å². The molecule has 0 heterocycles. The fraction of sp³-hybridized carbons (Fsp3) is 0.273. The molecule has 0 aliphatic rings. The first kappa shape index (κ1) is 8.85. The van der Waals surface area contributed by atoms with E-state index in [4.69, 9.17) is 0 Å². The van der Waals surface area contributed by atoms with Gasteiger partial charge in [0.15, 0.2) is 0 Å². The number of nitrogens with zero attached hydrogens (tertiary/aromatic N) is 1. The zero-order chi connectivity index (χ0) is 8.97. The zero-order valence-electron chi connectivity index (χ0n) is 7.67. The number of hydrogen-bond donors (Lipinski definition) is 0. The molecule has 1 heteroatoms. The van der Waals surface area contributed by atoms with Gasteiger partial charge in [-0.15, -0.1) is 0 Å². The maximum Gasteiger partial charge on any atom is 0.0361 e. The van der Waals surface area contributed by atoms with E-state index in [1.54, 1.807) is 0 Å². The smallest absolute Gasteiger partial charge is 0.0361 e. The maximum absolute atomic E-state index is 3.58. The molecule has 0 atom stereocenters. The highest BCUT2D eigenvalue weighted by molar-refractivity contribution is 5.46. The molecule has 0 saturated carbocycles. The highest BCUT2D eigenvalue weighted by Crippen LogP contribution is 2.12. The lowest BCUT2D eigenvalue weighted by Crippen LogP contribution is -2.08. The topological polar surface area (TPSA) is 3.24 Å². The summed E-state index contributed by atoms with van der Waals surface area (Å²) in [6.07, 6.45) is 3.70. The molecule has 1 aromatic rings. The van der Waals surface area contributed by atoms with Crippen molar-refractivity contribution < 1.29 is 0 Å². The highest BCUT2D eigenvalue weighted by Gasteiger charge is 1.93. The van der Waals surface area contributed by atoms with Crippen LogP contribution >= 0.6 is 0 Å². The second-order valence-electron chi connectivity index (χ2n) is 2.99. The molecule has 0 aliphatic heterocycles. The molecule has 0 aromatic heterocycles. The van der Waals surface area contributed by atoms with Gasteiger partial charge < -0.3 is 4.90 Å². The largest absolute Gasteiger partial charge is 0.378 e. The first-order chi connectivity index (χ1) is 5.74.